The maximum absolute atomic E-state index is 13.3. The first-order valence-electron chi connectivity index (χ1n) is 10.6. The molecular weight excluding hydrogens is 418 g/mol. The Morgan fingerprint density at radius 3 is 2.87 bits per heavy atom. The number of hydrogen-bond acceptors (Lipinski definition) is 7. The summed E-state index contributed by atoms with van der Waals surface area (Å²) in [6, 6.07) is 0. The van der Waals surface area contributed by atoms with Crippen molar-refractivity contribution in [1.82, 2.24) is 19.7 Å². The van der Waals surface area contributed by atoms with Crippen LogP contribution in [0.15, 0.2) is 15.5 Å². The number of aliphatic hydroxyl groups is 1. The fourth-order valence-electron chi connectivity index (χ4n) is 4.51. The van der Waals surface area contributed by atoms with Crippen molar-refractivity contribution in [3.8, 4) is 0 Å². The molecule has 1 fully saturated rings. The molecule has 3 aliphatic rings. The van der Waals surface area contributed by atoms with Gasteiger partial charge in [-0.05, 0) is 50.2 Å². The quantitative estimate of drug-likeness (QED) is 0.590. The Labute approximate surface area is 181 Å². The Morgan fingerprint density at radius 2 is 2.13 bits per heavy atom. The number of carbonyl (C=O) groups is 1. The maximum Gasteiger partial charge on any atom is 0.273 e. The molecule has 0 radical (unpaired) electrons. The number of aromatic nitrogens is 3. The molecule has 0 saturated heterocycles. The van der Waals surface area contributed by atoms with E-state index in [0.717, 1.165) is 60.3 Å². The molecule has 10 nitrogen and oxygen atoms in total. The lowest BCUT2D eigenvalue weighted by Gasteiger charge is -2.24. The van der Waals surface area contributed by atoms with Crippen LogP contribution < -0.4 is 10.5 Å². The van der Waals surface area contributed by atoms with Crippen LogP contribution in [0.5, 0.6) is 0 Å². The molecule has 1 aliphatic heterocycles. The Bertz CT molecular complexity index is 1190. The number of anilines is 1. The van der Waals surface area contributed by atoms with Crippen LogP contribution in [-0.2, 0) is 29.3 Å². The van der Waals surface area contributed by atoms with E-state index in [9.17, 15) is 14.1 Å². The summed E-state index contributed by atoms with van der Waals surface area (Å²) in [5, 5.41) is 23.9. The number of nitrogens with zero attached hydrogens (tertiary/aromatic N) is 5. The van der Waals surface area contributed by atoms with Crippen molar-refractivity contribution in [3.05, 3.63) is 34.4 Å². The van der Waals surface area contributed by atoms with Gasteiger partial charge in [-0.25, -0.2) is 9.35 Å². The Balaban J connectivity index is 1.49. The summed E-state index contributed by atoms with van der Waals surface area (Å²) >= 11 is 0. The molecule has 2 aliphatic carbocycles. The monoisotopic (exact) mass is 445 g/mol. The van der Waals surface area contributed by atoms with Crippen LogP contribution >= 0.6 is 0 Å². The fraction of sp³-hybridized carbons (Fsp3) is 0.550. The molecule has 1 saturated carbocycles. The van der Waals surface area contributed by atoms with Gasteiger partial charge in [-0.2, -0.15) is 9.46 Å². The van der Waals surface area contributed by atoms with Crippen LogP contribution in [-0.4, -0.2) is 54.8 Å². The lowest BCUT2D eigenvalue weighted by atomic mass is 10.0. The molecule has 2 atom stereocenters. The second-order valence-electron chi connectivity index (χ2n) is 8.55. The summed E-state index contributed by atoms with van der Waals surface area (Å²) in [5.74, 6) is 0.160. The molecule has 31 heavy (non-hydrogen) atoms. The summed E-state index contributed by atoms with van der Waals surface area (Å²) in [6.45, 7) is 2.99. The van der Waals surface area contributed by atoms with Crippen LogP contribution in [0.25, 0.3) is 0 Å². The summed E-state index contributed by atoms with van der Waals surface area (Å²) in [4.78, 5) is 19.0. The fourth-order valence-corrected chi connectivity index (χ4v) is 5.64. The largest absolute Gasteiger partial charge is 0.355 e. The molecule has 4 N–H and O–H groups in total. The highest BCUT2D eigenvalue weighted by Gasteiger charge is 2.32. The van der Waals surface area contributed by atoms with Crippen LogP contribution in [0.3, 0.4) is 0 Å². The van der Waals surface area contributed by atoms with Crippen molar-refractivity contribution < 1.29 is 14.1 Å². The molecule has 2 unspecified atom stereocenters. The number of amides is 1. The molecule has 2 aromatic rings. The van der Waals surface area contributed by atoms with Gasteiger partial charge >= 0.3 is 0 Å². The minimum Gasteiger partial charge on any atom is -0.355 e. The van der Waals surface area contributed by atoms with Crippen molar-refractivity contribution in [1.29, 1.82) is 0 Å². The predicted molar refractivity (Wildman–Crippen MR) is 115 cm³/mol. The highest BCUT2D eigenvalue weighted by Crippen LogP contribution is 2.44. The summed E-state index contributed by atoms with van der Waals surface area (Å²) in [6.07, 6.45) is 4.88. The number of carbonyl (C=O) groups excluding carboxylic acids is 1. The number of fused-ring (bicyclic) bond motifs is 2. The van der Waals surface area contributed by atoms with E-state index in [1.807, 2.05) is 6.92 Å². The van der Waals surface area contributed by atoms with Crippen LogP contribution in [0.4, 0.5) is 5.69 Å². The van der Waals surface area contributed by atoms with Crippen molar-refractivity contribution in [3.63, 3.8) is 0 Å². The van der Waals surface area contributed by atoms with E-state index >= 15 is 0 Å². The first kappa shape index (κ1) is 20.4. The van der Waals surface area contributed by atoms with Gasteiger partial charge < -0.3 is 15.3 Å². The van der Waals surface area contributed by atoms with Crippen molar-refractivity contribution in [2.45, 2.75) is 62.7 Å². The Hall–Kier alpha value is -2.50. The first-order valence-corrected chi connectivity index (χ1v) is 12.2. The molecule has 11 heteroatoms. The third-order valence-corrected chi connectivity index (χ3v) is 7.76. The zero-order valence-corrected chi connectivity index (χ0v) is 18.5. The van der Waals surface area contributed by atoms with Gasteiger partial charge in [0.25, 0.3) is 5.91 Å². The zero-order valence-electron chi connectivity index (χ0n) is 17.7. The third-order valence-electron chi connectivity index (χ3n) is 6.32. The second kappa shape index (κ2) is 7.28. The molecule has 5 rings (SSSR count). The number of likely N-dealkylation sites (N-methyl/N-ethyl adjacent to an activating group) is 1. The van der Waals surface area contributed by atoms with Gasteiger partial charge in [0.05, 0.1) is 12.7 Å². The molecule has 3 heterocycles. The van der Waals surface area contributed by atoms with Crippen molar-refractivity contribution in [2.24, 2.45) is 9.50 Å². The normalized spacial score (nSPS) is 20.8. The zero-order chi connectivity index (χ0) is 21.9. The number of nitrogens with two attached hydrogens (primary N) is 1. The van der Waals surface area contributed by atoms with E-state index < -0.39 is 16.3 Å². The number of aryl methyl sites for hydroxylation is 1. The Morgan fingerprint density at radius 1 is 1.35 bits per heavy atom. The van der Waals surface area contributed by atoms with Crippen molar-refractivity contribution in [2.75, 3.05) is 18.9 Å². The summed E-state index contributed by atoms with van der Waals surface area (Å²) in [5.41, 5.74) is 5.19. The van der Waals surface area contributed by atoms with Gasteiger partial charge in [-0.15, -0.1) is 0 Å². The maximum atomic E-state index is 13.3. The van der Waals surface area contributed by atoms with E-state index in [-0.39, 0.29) is 16.5 Å². The van der Waals surface area contributed by atoms with Gasteiger partial charge in [0.1, 0.15) is 20.5 Å². The van der Waals surface area contributed by atoms with Crippen LogP contribution in [0, 0.1) is 6.92 Å². The second-order valence-corrected chi connectivity index (χ2v) is 10.3. The molecule has 0 bridgehead atoms. The van der Waals surface area contributed by atoms with E-state index in [1.54, 1.807) is 7.05 Å². The highest BCUT2D eigenvalue weighted by atomic mass is 32.2. The number of rotatable bonds is 5. The van der Waals surface area contributed by atoms with Gasteiger partial charge in [0, 0.05) is 36.6 Å². The third kappa shape index (κ3) is 3.50. The predicted octanol–water partition coefficient (Wildman–Crippen LogP) is 1.13. The lowest BCUT2D eigenvalue weighted by molar-refractivity contribution is 0.0738. The number of hydrogen-bond donors (Lipinski definition) is 3. The molecule has 0 spiro atoms. The van der Waals surface area contributed by atoms with Gasteiger partial charge in [0.2, 0.25) is 6.35 Å². The first-order chi connectivity index (χ1) is 14.8. The molecule has 0 aromatic carbocycles. The SMILES string of the molecule is Cc1c(C2CC2)nc2c(c1NC(O)N=S(N)(=O)c1cnn3c1C(=O)N(C)CC3)CCC2. The van der Waals surface area contributed by atoms with Gasteiger partial charge in [0.15, 0.2) is 0 Å². The van der Waals surface area contributed by atoms with E-state index in [1.165, 1.54) is 15.8 Å². The number of pyridine rings is 1. The van der Waals surface area contributed by atoms with Crippen LogP contribution in [0.1, 0.15) is 58.2 Å². The number of nitrogens with one attached hydrogen (secondary N) is 1. The average Bonchev–Trinajstić information content (AvgIpc) is 3.27. The van der Waals surface area contributed by atoms with Crippen molar-refractivity contribution >= 4 is 21.5 Å². The lowest BCUT2D eigenvalue weighted by Crippen LogP contribution is -2.38. The molecule has 166 valence electrons. The smallest absolute Gasteiger partial charge is 0.273 e. The average molecular weight is 446 g/mol. The van der Waals surface area contributed by atoms with E-state index in [0.29, 0.717) is 19.0 Å². The standard InChI is InChI=1S/C20H27N7O3S/c1-11-16(12-6-7-12)23-14-5-3-4-13(14)17(11)24-20(29)25-31(21,30)15-10-22-27-9-8-26(2)19(28)18(15)27/h10,12,20,29H,3-9H2,1-2H3,(H,23,24)(H2,21,25,30). The summed E-state index contributed by atoms with van der Waals surface area (Å²) in [7, 11) is -1.89. The van der Waals surface area contributed by atoms with Gasteiger partial charge in [-0.1, -0.05) is 0 Å². The minimum atomic E-state index is -3.56. The molecular formula is C20H27N7O3S. The van der Waals surface area contributed by atoms with Crippen LogP contribution in [0.2, 0.25) is 0 Å². The highest BCUT2D eigenvalue weighted by molar-refractivity contribution is 7.91. The van der Waals surface area contributed by atoms with E-state index in [4.69, 9.17) is 10.1 Å². The number of aliphatic hydroxyl groups excluding tert-OH is 1. The minimum absolute atomic E-state index is 0.0419. The molecule has 2 aromatic heterocycles. The van der Waals surface area contributed by atoms with Gasteiger partial charge in [-0.3, -0.25) is 14.5 Å². The summed E-state index contributed by atoms with van der Waals surface area (Å²) < 4.78 is 18.7. The topological polar surface area (TPSA) is 139 Å². The Kier molecular flexibility index (Phi) is 4.79. The van der Waals surface area contributed by atoms with E-state index in [2.05, 4.69) is 14.8 Å². The molecule has 1 amide bonds.